The molecule has 0 saturated heterocycles. The van der Waals surface area contributed by atoms with Crippen LogP contribution in [-0.4, -0.2) is 17.0 Å². The van der Waals surface area contributed by atoms with Crippen molar-refractivity contribution in [3.05, 3.63) is 105 Å². The fourth-order valence-corrected chi connectivity index (χ4v) is 16.5. The summed E-state index contributed by atoms with van der Waals surface area (Å²) >= 11 is 0. The van der Waals surface area contributed by atoms with Gasteiger partial charge in [0.25, 0.3) is 0 Å². The maximum absolute atomic E-state index is 2.75. The van der Waals surface area contributed by atoms with Crippen LogP contribution in [0.25, 0.3) is 0 Å². The van der Waals surface area contributed by atoms with Gasteiger partial charge in [-0.1, -0.05) is 177 Å². The van der Waals surface area contributed by atoms with Gasteiger partial charge in [-0.3, -0.25) is 0 Å². The zero-order valence-corrected chi connectivity index (χ0v) is 32.8. The first kappa shape index (κ1) is 40.5. The topological polar surface area (TPSA) is 0 Å². The summed E-state index contributed by atoms with van der Waals surface area (Å²) < 4.78 is 0. The van der Waals surface area contributed by atoms with Crippen LogP contribution < -0.4 is 15.9 Å². The standard InChI is InChI=1S/C37H48P2.C5H10.2CH3.Fe/c1-29(38(30-17-6-2-7-18-30)31-19-8-3-9-20-31)34-26-16-27-35(34)36-25-14-15-28-37(36)39(32-21-10-4-11-22-32)33-23-12-5-13-24-33;1-2-4-5-3-1;;;/h4-5,10-15,21-25,28-31,34-35H,2-3,6-9,16-20,26-27H2,1H3;1-5H2;2*1H3;/q;;2*-1;+2/t29-,34?,35?;;;;/m1..../s1. The minimum absolute atomic E-state index is 0. The second-order valence-corrected chi connectivity index (χ2v) is 19.7. The molecule has 0 heterocycles. The number of benzene rings is 3. The molecule has 0 bridgehead atoms. The molecule has 0 aliphatic heterocycles. The molecule has 2 unspecified atom stereocenters. The molecule has 0 spiro atoms. The van der Waals surface area contributed by atoms with E-state index < -0.39 is 7.92 Å². The fraction of sp³-hybridized carbons (Fsp3) is 0.545. The van der Waals surface area contributed by atoms with Gasteiger partial charge in [-0.2, -0.15) is 0 Å². The van der Waals surface area contributed by atoms with E-state index >= 15 is 0 Å². The van der Waals surface area contributed by atoms with Crippen LogP contribution in [0.3, 0.4) is 0 Å². The molecule has 0 nitrogen and oxygen atoms in total. The molecule has 258 valence electrons. The van der Waals surface area contributed by atoms with E-state index in [0.29, 0.717) is 0 Å². The first-order chi connectivity index (χ1) is 21.8. The van der Waals surface area contributed by atoms with Crippen molar-refractivity contribution in [3.63, 3.8) is 0 Å². The summed E-state index contributed by atoms with van der Waals surface area (Å²) in [7, 11) is -0.449. The third kappa shape index (κ3) is 10.5. The van der Waals surface area contributed by atoms with Gasteiger partial charge in [0.1, 0.15) is 0 Å². The van der Waals surface area contributed by atoms with E-state index in [1.54, 1.807) is 10.9 Å². The van der Waals surface area contributed by atoms with Crippen LogP contribution >= 0.6 is 15.8 Å². The van der Waals surface area contributed by atoms with Crippen molar-refractivity contribution >= 4 is 31.8 Å². The zero-order chi connectivity index (χ0) is 30.0. The van der Waals surface area contributed by atoms with Gasteiger partial charge in [-0.15, -0.1) is 0 Å². The maximum atomic E-state index is 2.75. The average Bonchev–Trinajstić information content (AvgIpc) is 3.84. The SMILES string of the molecule is C1CCCC1.C[C@H](C1CCCC1c1ccccc1P(c1ccccc1)c1ccccc1)P(C1CCCCC1)C1CCCCC1.[CH3-].[CH3-].[Fe+2]. The Hall–Kier alpha value is -0.961. The van der Waals surface area contributed by atoms with Gasteiger partial charge in [-0.05, 0) is 96.7 Å². The summed E-state index contributed by atoms with van der Waals surface area (Å²) in [5.74, 6) is 1.59. The summed E-state index contributed by atoms with van der Waals surface area (Å²) in [6.45, 7) is 2.75. The van der Waals surface area contributed by atoms with Gasteiger partial charge in [0.2, 0.25) is 0 Å². The summed E-state index contributed by atoms with van der Waals surface area (Å²) in [5.41, 5.74) is 4.70. The minimum Gasteiger partial charge on any atom is -0.358 e. The molecule has 7 rings (SSSR count). The molecule has 0 amide bonds. The Balaban J connectivity index is 0.000000688. The molecule has 4 fully saturated rings. The summed E-state index contributed by atoms with van der Waals surface area (Å²) in [6.07, 6.45) is 26.9. The fourth-order valence-electron chi connectivity index (χ4n) is 9.36. The van der Waals surface area contributed by atoms with Crippen LogP contribution in [0.15, 0.2) is 84.9 Å². The Kier molecular flexibility index (Phi) is 18.3. The summed E-state index contributed by atoms with van der Waals surface area (Å²) in [4.78, 5) is 0. The van der Waals surface area contributed by atoms with E-state index in [2.05, 4.69) is 91.9 Å². The molecule has 0 aromatic heterocycles. The quantitative estimate of drug-likeness (QED) is 0.124. The second-order valence-electron chi connectivity index (χ2n) is 14.3. The normalized spacial score (nSPS) is 22.4. The summed E-state index contributed by atoms with van der Waals surface area (Å²) in [6, 6.07) is 32.4. The van der Waals surface area contributed by atoms with Crippen molar-refractivity contribution in [2.75, 3.05) is 0 Å². The van der Waals surface area contributed by atoms with E-state index in [4.69, 9.17) is 0 Å². The van der Waals surface area contributed by atoms with Gasteiger partial charge in [0.05, 0.1) is 0 Å². The van der Waals surface area contributed by atoms with Crippen LogP contribution in [0.4, 0.5) is 0 Å². The van der Waals surface area contributed by atoms with E-state index in [0.717, 1.165) is 28.8 Å². The number of rotatable bonds is 8. The molecule has 3 aromatic rings. The smallest absolute Gasteiger partial charge is 0.358 e. The molecule has 47 heavy (non-hydrogen) atoms. The molecule has 0 N–H and O–H groups in total. The Bertz CT molecular complexity index is 1160. The van der Waals surface area contributed by atoms with E-state index in [-0.39, 0.29) is 39.8 Å². The second kappa shape index (κ2) is 21.3. The molecular formula is C44H64FeP2. The molecule has 4 aliphatic carbocycles. The predicted molar refractivity (Wildman–Crippen MR) is 211 cm³/mol. The number of hydrogen-bond acceptors (Lipinski definition) is 0. The zero-order valence-electron chi connectivity index (χ0n) is 29.9. The summed E-state index contributed by atoms with van der Waals surface area (Å²) in [5, 5.41) is 4.59. The Morgan fingerprint density at radius 3 is 1.40 bits per heavy atom. The van der Waals surface area contributed by atoms with Crippen LogP contribution in [0.1, 0.15) is 134 Å². The molecule has 3 heteroatoms. The van der Waals surface area contributed by atoms with Gasteiger partial charge >= 0.3 is 17.1 Å². The van der Waals surface area contributed by atoms with Gasteiger partial charge < -0.3 is 14.9 Å². The van der Waals surface area contributed by atoms with Crippen LogP contribution in [0.5, 0.6) is 0 Å². The van der Waals surface area contributed by atoms with Crippen molar-refractivity contribution < 1.29 is 17.1 Å². The van der Waals surface area contributed by atoms with E-state index in [1.165, 1.54) is 126 Å². The minimum atomic E-state index is -0.556. The molecular weight excluding hydrogens is 646 g/mol. The largest absolute Gasteiger partial charge is 2.00 e. The number of hydrogen-bond donors (Lipinski definition) is 0. The molecule has 3 atom stereocenters. The van der Waals surface area contributed by atoms with Crippen molar-refractivity contribution in [2.24, 2.45) is 5.92 Å². The first-order valence-electron chi connectivity index (χ1n) is 18.6. The van der Waals surface area contributed by atoms with Gasteiger partial charge in [0.15, 0.2) is 0 Å². The Labute approximate surface area is 304 Å². The Morgan fingerprint density at radius 1 is 0.489 bits per heavy atom. The molecule has 0 radical (unpaired) electrons. The average molecular weight is 711 g/mol. The monoisotopic (exact) mass is 710 g/mol. The Morgan fingerprint density at radius 2 is 0.915 bits per heavy atom. The van der Waals surface area contributed by atoms with Crippen molar-refractivity contribution in [3.8, 4) is 0 Å². The van der Waals surface area contributed by atoms with Crippen molar-refractivity contribution in [2.45, 2.75) is 145 Å². The predicted octanol–water partition coefficient (Wildman–Crippen LogP) is 12.7. The van der Waals surface area contributed by atoms with Crippen LogP contribution in [0, 0.1) is 20.8 Å². The maximum Gasteiger partial charge on any atom is 2.00 e. The molecule has 3 aromatic carbocycles. The van der Waals surface area contributed by atoms with E-state index in [9.17, 15) is 0 Å². The third-order valence-corrected chi connectivity index (χ3v) is 18.1. The van der Waals surface area contributed by atoms with Crippen molar-refractivity contribution in [1.82, 2.24) is 0 Å². The first-order valence-corrected chi connectivity index (χ1v) is 21.5. The van der Waals surface area contributed by atoms with Gasteiger partial charge in [0, 0.05) is 0 Å². The molecule has 4 saturated carbocycles. The van der Waals surface area contributed by atoms with Gasteiger partial charge in [-0.25, -0.2) is 0 Å². The third-order valence-electron chi connectivity index (χ3n) is 11.5. The van der Waals surface area contributed by atoms with E-state index in [1.807, 2.05) is 0 Å². The van der Waals surface area contributed by atoms with Crippen LogP contribution in [-0.2, 0) is 17.1 Å². The van der Waals surface area contributed by atoms with Crippen molar-refractivity contribution in [1.29, 1.82) is 0 Å². The van der Waals surface area contributed by atoms with Crippen LogP contribution in [0.2, 0.25) is 0 Å². The molecule has 4 aliphatic rings.